The van der Waals surface area contributed by atoms with Crippen molar-refractivity contribution in [2.75, 3.05) is 7.11 Å². The predicted octanol–water partition coefficient (Wildman–Crippen LogP) is 2.74. The van der Waals surface area contributed by atoms with Gasteiger partial charge in [0.25, 0.3) is 0 Å². The summed E-state index contributed by atoms with van der Waals surface area (Å²) in [6, 6.07) is 6.22. The second-order valence-corrected chi connectivity index (χ2v) is 4.15. The fourth-order valence-corrected chi connectivity index (χ4v) is 2.56. The minimum atomic E-state index is -0.310. The predicted molar refractivity (Wildman–Crippen MR) is 61.8 cm³/mol. The Morgan fingerprint density at radius 3 is 3.00 bits per heavy atom. The van der Waals surface area contributed by atoms with Crippen molar-refractivity contribution in [1.82, 2.24) is 4.57 Å². The molecule has 0 atom stereocenters. The molecule has 0 unspecified atom stereocenters. The molecule has 0 fully saturated rings. The molecule has 0 aliphatic heterocycles. The van der Waals surface area contributed by atoms with Crippen molar-refractivity contribution in [3.8, 4) is 0 Å². The molecule has 1 aliphatic carbocycles. The van der Waals surface area contributed by atoms with Crippen molar-refractivity contribution in [2.24, 2.45) is 0 Å². The summed E-state index contributed by atoms with van der Waals surface area (Å²) >= 11 is 0. The molecule has 0 bridgehead atoms. The lowest BCUT2D eigenvalue weighted by Gasteiger charge is -2.06. The summed E-state index contributed by atoms with van der Waals surface area (Å²) in [7, 11) is 1.41. The van der Waals surface area contributed by atoms with E-state index in [9.17, 15) is 4.79 Å². The molecule has 82 valence electrons. The van der Waals surface area contributed by atoms with Gasteiger partial charge in [-0.1, -0.05) is 12.1 Å². The molecular weight excluding hydrogens is 202 g/mol. The zero-order chi connectivity index (χ0) is 11.1. The fraction of sp³-hybridized carbons (Fsp3) is 0.308. The molecule has 2 aromatic rings. The van der Waals surface area contributed by atoms with Crippen LogP contribution in [0.1, 0.15) is 17.5 Å². The second kappa shape index (κ2) is 3.37. The van der Waals surface area contributed by atoms with Crippen molar-refractivity contribution in [3.63, 3.8) is 0 Å². The van der Waals surface area contributed by atoms with Crippen molar-refractivity contribution in [3.05, 3.63) is 35.5 Å². The summed E-state index contributed by atoms with van der Waals surface area (Å²) in [6.07, 6.45) is 4.84. The van der Waals surface area contributed by atoms with Crippen molar-refractivity contribution in [1.29, 1.82) is 0 Å². The van der Waals surface area contributed by atoms with Crippen LogP contribution in [0.15, 0.2) is 24.4 Å². The molecule has 0 saturated heterocycles. The number of fused-ring (bicyclic) bond motifs is 3. The third kappa shape index (κ3) is 1.18. The molecule has 3 nitrogen and oxygen atoms in total. The first-order valence-electron chi connectivity index (χ1n) is 5.51. The quantitative estimate of drug-likeness (QED) is 0.676. The lowest BCUT2D eigenvalue weighted by molar-refractivity contribution is 0.174. The van der Waals surface area contributed by atoms with Crippen LogP contribution in [0.4, 0.5) is 4.79 Å². The number of hydrogen-bond acceptors (Lipinski definition) is 2. The topological polar surface area (TPSA) is 31.2 Å². The number of aryl methyl sites for hydroxylation is 2. The van der Waals surface area contributed by atoms with Crippen LogP contribution in [0, 0.1) is 0 Å². The lowest BCUT2D eigenvalue weighted by Crippen LogP contribution is -2.10. The Bertz CT molecular complexity index is 569. The summed E-state index contributed by atoms with van der Waals surface area (Å²) in [6.45, 7) is 0. The first-order chi connectivity index (χ1) is 7.81. The Labute approximate surface area is 93.6 Å². The van der Waals surface area contributed by atoms with E-state index in [0.717, 1.165) is 23.7 Å². The van der Waals surface area contributed by atoms with Crippen molar-refractivity contribution < 1.29 is 9.53 Å². The minimum Gasteiger partial charge on any atom is -0.452 e. The molecule has 3 heteroatoms. The Morgan fingerprint density at radius 2 is 2.19 bits per heavy atom. The number of nitrogens with zero attached hydrogens (tertiary/aromatic N) is 1. The smallest absolute Gasteiger partial charge is 0.418 e. The molecule has 1 aliphatic rings. The summed E-state index contributed by atoms with van der Waals surface area (Å²) in [4.78, 5) is 11.6. The number of benzene rings is 1. The zero-order valence-electron chi connectivity index (χ0n) is 9.19. The Kier molecular flexibility index (Phi) is 1.99. The van der Waals surface area contributed by atoms with Crippen LogP contribution < -0.4 is 0 Å². The molecule has 3 rings (SSSR count). The molecule has 1 heterocycles. The largest absolute Gasteiger partial charge is 0.452 e. The van der Waals surface area contributed by atoms with Crippen LogP contribution >= 0.6 is 0 Å². The average Bonchev–Trinajstić information content (AvgIpc) is 2.92. The van der Waals surface area contributed by atoms with Gasteiger partial charge in [-0.3, -0.25) is 4.57 Å². The van der Waals surface area contributed by atoms with Gasteiger partial charge in [0, 0.05) is 11.6 Å². The van der Waals surface area contributed by atoms with Crippen molar-refractivity contribution >= 4 is 17.0 Å². The highest BCUT2D eigenvalue weighted by Gasteiger charge is 2.18. The molecule has 1 aromatic heterocycles. The van der Waals surface area contributed by atoms with E-state index in [4.69, 9.17) is 4.74 Å². The number of carbonyl (C=O) groups is 1. The summed E-state index contributed by atoms with van der Waals surface area (Å²) in [5, 5.41) is 1.12. The van der Waals surface area contributed by atoms with Crippen LogP contribution in [0.5, 0.6) is 0 Å². The van der Waals surface area contributed by atoms with Gasteiger partial charge < -0.3 is 4.74 Å². The van der Waals surface area contributed by atoms with Gasteiger partial charge in [-0.15, -0.1) is 0 Å². The van der Waals surface area contributed by atoms with Gasteiger partial charge in [-0.25, -0.2) is 4.79 Å². The fourth-order valence-electron chi connectivity index (χ4n) is 2.56. The van der Waals surface area contributed by atoms with Crippen LogP contribution in [0.2, 0.25) is 0 Å². The second-order valence-electron chi connectivity index (χ2n) is 4.15. The number of ether oxygens (including phenoxy) is 1. The maximum atomic E-state index is 11.6. The number of methoxy groups -OCH3 is 1. The third-order valence-corrected chi connectivity index (χ3v) is 3.30. The summed E-state index contributed by atoms with van der Waals surface area (Å²) in [5.41, 5.74) is 3.71. The molecule has 0 spiro atoms. The van der Waals surface area contributed by atoms with Crippen LogP contribution in [0.3, 0.4) is 0 Å². The van der Waals surface area contributed by atoms with Gasteiger partial charge in [-0.05, 0) is 36.5 Å². The maximum absolute atomic E-state index is 11.6. The van der Waals surface area contributed by atoms with E-state index in [-0.39, 0.29) is 6.09 Å². The van der Waals surface area contributed by atoms with Gasteiger partial charge >= 0.3 is 6.09 Å². The van der Waals surface area contributed by atoms with Gasteiger partial charge in [0.2, 0.25) is 0 Å². The molecule has 0 amide bonds. The van der Waals surface area contributed by atoms with E-state index in [1.165, 1.54) is 24.7 Å². The van der Waals surface area contributed by atoms with E-state index >= 15 is 0 Å². The van der Waals surface area contributed by atoms with Gasteiger partial charge in [0.15, 0.2) is 0 Å². The average molecular weight is 215 g/mol. The summed E-state index contributed by atoms with van der Waals surface area (Å²) < 4.78 is 6.40. The molecule has 1 aromatic carbocycles. The monoisotopic (exact) mass is 215 g/mol. The van der Waals surface area contributed by atoms with Crippen LogP contribution in [-0.4, -0.2) is 17.8 Å². The van der Waals surface area contributed by atoms with Gasteiger partial charge in [0.1, 0.15) is 0 Å². The highest BCUT2D eigenvalue weighted by atomic mass is 16.5. The van der Waals surface area contributed by atoms with Gasteiger partial charge in [-0.2, -0.15) is 0 Å². The molecule has 0 radical (unpaired) electrons. The van der Waals surface area contributed by atoms with E-state index in [0.29, 0.717) is 0 Å². The Hall–Kier alpha value is -1.77. The maximum Gasteiger partial charge on any atom is 0.418 e. The van der Waals surface area contributed by atoms with Crippen molar-refractivity contribution in [2.45, 2.75) is 19.3 Å². The lowest BCUT2D eigenvalue weighted by atomic mass is 10.1. The molecular formula is C13H13NO2. The molecule has 0 saturated carbocycles. The zero-order valence-corrected chi connectivity index (χ0v) is 9.19. The van der Waals surface area contributed by atoms with Gasteiger partial charge in [0.05, 0.1) is 12.6 Å². The van der Waals surface area contributed by atoms with Crippen LogP contribution in [0.25, 0.3) is 10.9 Å². The molecule has 16 heavy (non-hydrogen) atoms. The highest BCUT2D eigenvalue weighted by Crippen LogP contribution is 2.30. The van der Waals surface area contributed by atoms with E-state index in [1.807, 2.05) is 6.07 Å². The minimum absolute atomic E-state index is 0.310. The SMILES string of the molecule is COC(=O)n1ccc2ccc3c(c21)CCC3. The standard InChI is InChI=1S/C13H13NO2/c1-16-13(15)14-8-7-10-6-5-9-3-2-4-11(9)12(10)14/h5-8H,2-4H2,1H3. The normalized spacial score (nSPS) is 14.1. The molecule has 0 N–H and O–H groups in total. The first-order valence-corrected chi connectivity index (χ1v) is 5.51. The first kappa shape index (κ1) is 9.46. The van der Waals surface area contributed by atoms with E-state index in [2.05, 4.69) is 12.1 Å². The Balaban J connectivity index is 2.32. The Morgan fingerprint density at radius 1 is 1.31 bits per heavy atom. The number of hydrogen-bond donors (Lipinski definition) is 0. The van der Waals surface area contributed by atoms with E-state index in [1.54, 1.807) is 10.8 Å². The third-order valence-electron chi connectivity index (χ3n) is 3.30. The highest BCUT2D eigenvalue weighted by molar-refractivity contribution is 5.92. The summed E-state index contributed by atoms with van der Waals surface area (Å²) in [5.74, 6) is 0. The van der Waals surface area contributed by atoms with E-state index < -0.39 is 0 Å². The number of rotatable bonds is 0. The van der Waals surface area contributed by atoms with Crippen LogP contribution in [-0.2, 0) is 17.6 Å². The number of carbonyl (C=O) groups excluding carboxylic acids is 1. The number of aromatic nitrogens is 1.